The summed E-state index contributed by atoms with van der Waals surface area (Å²) in [5, 5.41) is 8.30. The van der Waals surface area contributed by atoms with E-state index in [0.717, 1.165) is 5.75 Å². The van der Waals surface area contributed by atoms with Crippen molar-refractivity contribution in [3.05, 3.63) is 0 Å². The summed E-state index contributed by atoms with van der Waals surface area (Å²) in [5.41, 5.74) is 0. The first-order valence-corrected chi connectivity index (χ1v) is 4.38. The van der Waals surface area contributed by atoms with Crippen molar-refractivity contribution in [3.63, 3.8) is 0 Å². The zero-order valence-corrected chi connectivity index (χ0v) is 5.67. The van der Waals surface area contributed by atoms with Gasteiger partial charge in [0.05, 0.1) is 0 Å². The lowest BCUT2D eigenvalue weighted by Gasteiger charge is -2.04. The van der Waals surface area contributed by atoms with Crippen molar-refractivity contribution >= 4 is 27.9 Å². The van der Waals surface area contributed by atoms with E-state index in [1.807, 2.05) is 0 Å². The van der Waals surface area contributed by atoms with E-state index in [9.17, 15) is 4.79 Å². The molecule has 1 aliphatic heterocycles. The van der Waals surface area contributed by atoms with Crippen LogP contribution in [-0.2, 0) is 0 Å². The van der Waals surface area contributed by atoms with E-state index >= 15 is 0 Å². The normalized spacial score (nSPS) is 19.2. The zero-order chi connectivity index (χ0) is 5.98. The fraction of sp³-hybridized carbons (Fsp3) is 0.667. The van der Waals surface area contributed by atoms with Crippen molar-refractivity contribution < 1.29 is 9.90 Å². The second kappa shape index (κ2) is 2.50. The maximum absolute atomic E-state index is 10.1. The molecule has 8 heavy (non-hydrogen) atoms. The van der Waals surface area contributed by atoms with Crippen LogP contribution in [-0.4, -0.2) is 27.8 Å². The SMILES string of the molecule is O=C(O)N1CCSS1. The van der Waals surface area contributed by atoms with Crippen molar-refractivity contribution in [1.29, 1.82) is 0 Å². The Kier molecular flexibility index (Phi) is 1.90. The number of hydrogen-bond donors (Lipinski definition) is 1. The summed E-state index contributed by atoms with van der Waals surface area (Å²) in [7, 11) is 2.87. The van der Waals surface area contributed by atoms with Gasteiger partial charge in [-0.3, -0.25) is 0 Å². The molecular weight excluding hydrogens is 146 g/mol. The van der Waals surface area contributed by atoms with Gasteiger partial charge < -0.3 is 5.11 Å². The number of carbonyl (C=O) groups is 1. The van der Waals surface area contributed by atoms with Crippen molar-refractivity contribution in [2.24, 2.45) is 0 Å². The standard InChI is InChI=1S/C3H5NO2S2/c5-3(6)4-1-2-7-8-4/h1-2H2,(H,5,6). The monoisotopic (exact) mass is 151 g/mol. The van der Waals surface area contributed by atoms with E-state index in [-0.39, 0.29) is 0 Å². The molecule has 1 fully saturated rings. The second-order valence-electron chi connectivity index (χ2n) is 1.28. The molecule has 0 aromatic rings. The molecule has 1 rings (SSSR count). The molecule has 1 amide bonds. The Bertz CT molecular complexity index is 101. The molecule has 0 radical (unpaired) electrons. The maximum atomic E-state index is 10.1. The predicted octanol–water partition coefficient (Wildman–Crippen LogP) is 1.28. The third-order valence-electron chi connectivity index (χ3n) is 0.734. The van der Waals surface area contributed by atoms with Crippen molar-refractivity contribution in [2.45, 2.75) is 0 Å². The molecule has 0 bridgehead atoms. The predicted molar refractivity (Wildman–Crippen MR) is 34.8 cm³/mol. The molecule has 0 aliphatic carbocycles. The van der Waals surface area contributed by atoms with E-state index in [2.05, 4.69) is 0 Å². The lowest BCUT2D eigenvalue weighted by atomic mass is 10.7. The van der Waals surface area contributed by atoms with Gasteiger partial charge in [-0.05, 0) is 0 Å². The highest BCUT2D eigenvalue weighted by atomic mass is 33.1. The Hall–Kier alpha value is -0.0300. The molecule has 0 spiro atoms. The zero-order valence-electron chi connectivity index (χ0n) is 4.03. The van der Waals surface area contributed by atoms with Gasteiger partial charge in [0.1, 0.15) is 0 Å². The summed E-state index contributed by atoms with van der Waals surface area (Å²) in [6.07, 6.45) is -0.833. The van der Waals surface area contributed by atoms with Crippen LogP contribution < -0.4 is 0 Å². The molecule has 0 aromatic heterocycles. The Balaban J connectivity index is 2.35. The Morgan fingerprint density at radius 1 is 1.75 bits per heavy atom. The van der Waals surface area contributed by atoms with Crippen LogP contribution in [0.3, 0.4) is 0 Å². The first-order valence-electron chi connectivity index (χ1n) is 2.11. The Morgan fingerprint density at radius 2 is 2.50 bits per heavy atom. The quantitative estimate of drug-likeness (QED) is 0.418. The van der Waals surface area contributed by atoms with Crippen LogP contribution in [0.4, 0.5) is 4.79 Å². The summed E-state index contributed by atoms with van der Waals surface area (Å²) >= 11 is 0. The Morgan fingerprint density at radius 3 is 2.75 bits per heavy atom. The molecule has 3 nitrogen and oxygen atoms in total. The molecule has 1 N–H and O–H groups in total. The van der Waals surface area contributed by atoms with Gasteiger partial charge >= 0.3 is 6.09 Å². The highest BCUT2D eigenvalue weighted by molar-refractivity contribution is 8.76. The summed E-state index contributed by atoms with van der Waals surface area (Å²) in [6.45, 7) is 0.657. The first-order chi connectivity index (χ1) is 3.80. The van der Waals surface area contributed by atoms with Gasteiger partial charge in [-0.25, -0.2) is 9.10 Å². The van der Waals surface area contributed by atoms with Crippen LogP contribution in [0.2, 0.25) is 0 Å². The number of nitrogens with zero attached hydrogens (tertiary/aromatic N) is 1. The van der Waals surface area contributed by atoms with Crippen LogP contribution >= 0.6 is 21.8 Å². The Labute approximate surface area is 55.0 Å². The first kappa shape index (κ1) is 6.10. The maximum Gasteiger partial charge on any atom is 0.418 e. The van der Waals surface area contributed by atoms with E-state index in [1.54, 1.807) is 10.8 Å². The average Bonchev–Trinajstić information content (AvgIpc) is 2.12. The topological polar surface area (TPSA) is 40.5 Å². The van der Waals surface area contributed by atoms with Gasteiger partial charge in [-0.2, -0.15) is 0 Å². The number of carboxylic acid groups (broad SMARTS) is 1. The molecule has 0 unspecified atom stereocenters. The van der Waals surface area contributed by atoms with Gasteiger partial charge in [0, 0.05) is 23.3 Å². The molecule has 1 aliphatic rings. The summed E-state index contributed by atoms with van der Waals surface area (Å²) < 4.78 is 1.32. The number of amides is 1. The van der Waals surface area contributed by atoms with E-state index in [4.69, 9.17) is 5.11 Å². The summed E-state index contributed by atoms with van der Waals surface area (Å²) in [5.74, 6) is 0.914. The van der Waals surface area contributed by atoms with Crippen LogP contribution in [0.5, 0.6) is 0 Å². The van der Waals surface area contributed by atoms with Crippen LogP contribution in [0.15, 0.2) is 0 Å². The molecule has 0 aromatic carbocycles. The van der Waals surface area contributed by atoms with E-state index in [1.165, 1.54) is 15.3 Å². The van der Waals surface area contributed by atoms with E-state index < -0.39 is 6.09 Å². The fourth-order valence-electron chi connectivity index (χ4n) is 0.386. The third-order valence-corrected chi connectivity index (χ3v) is 3.06. The van der Waals surface area contributed by atoms with Crippen molar-refractivity contribution in [2.75, 3.05) is 12.3 Å². The van der Waals surface area contributed by atoms with Gasteiger partial charge in [0.25, 0.3) is 0 Å². The lowest BCUT2D eigenvalue weighted by molar-refractivity contribution is 0.177. The van der Waals surface area contributed by atoms with Gasteiger partial charge in [0.15, 0.2) is 0 Å². The molecular formula is C3H5NO2S2. The van der Waals surface area contributed by atoms with Gasteiger partial charge in [-0.15, -0.1) is 0 Å². The molecule has 1 heterocycles. The summed E-state index contributed by atoms with van der Waals surface area (Å²) in [6, 6.07) is 0. The highest BCUT2D eigenvalue weighted by Crippen LogP contribution is 2.32. The minimum absolute atomic E-state index is 0.657. The smallest absolute Gasteiger partial charge is 0.418 e. The fourth-order valence-corrected chi connectivity index (χ4v) is 2.43. The van der Waals surface area contributed by atoms with Gasteiger partial charge in [0.2, 0.25) is 0 Å². The van der Waals surface area contributed by atoms with Gasteiger partial charge in [-0.1, -0.05) is 10.8 Å². The second-order valence-corrected chi connectivity index (χ2v) is 3.67. The molecule has 5 heteroatoms. The number of hydrogen-bond acceptors (Lipinski definition) is 3. The van der Waals surface area contributed by atoms with Crippen LogP contribution in [0.25, 0.3) is 0 Å². The highest BCUT2D eigenvalue weighted by Gasteiger charge is 2.17. The van der Waals surface area contributed by atoms with E-state index in [0.29, 0.717) is 6.54 Å². The number of rotatable bonds is 0. The molecule has 46 valence electrons. The van der Waals surface area contributed by atoms with Crippen LogP contribution in [0, 0.1) is 0 Å². The lowest BCUT2D eigenvalue weighted by Crippen LogP contribution is -2.19. The molecule has 1 saturated heterocycles. The molecule has 0 atom stereocenters. The van der Waals surface area contributed by atoms with Crippen molar-refractivity contribution in [3.8, 4) is 0 Å². The largest absolute Gasteiger partial charge is 0.464 e. The molecule has 0 saturated carbocycles. The minimum atomic E-state index is -0.833. The van der Waals surface area contributed by atoms with Crippen molar-refractivity contribution in [1.82, 2.24) is 4.31 Å². The van der Waals surface area contributed by atoms with Crippen LogP contribution in [0.1, 0.15) is 0 Å². The summed E-state index contributed by atoms with van der Waals surface area (Å²) in [4.78, 5) is 10.1. The minimum Gasteiger partial charge on any atom is -0.464 e. The average molecular weight is 151 g/mol. The third kappa shape index (κ3) is 1.23.